The van der Waals surface area contributed by atoms with Crippen molar-refractivity contribution >= 4 is 29.6 Å². The molecule has 0 radical (unpaired) electrons. The van der Waals surface area contributed by atoms with Crippen LogP contribution in [-0.4, -0.2) is 22.4 Å². The highest BCUT2D eigenvalue weighted by Crippen LogP contribution is 2.26. The number of amides is 4. The summed E-state index contributed by atoms with van der Waals surface area (Å²) in [4.78, 5) is 38.5. The van der Waals surface area contributed by atoms with E-state index in [4.69, 9.17) is 0 Å². The number of hydrogen-bond acceptors (Lipinski definition) is 3. The number of benzene rings is 2. The lowest BCUT2D eigenvalue weighted by atomic mass is 10.1. The first-order chi connectivity index (χ1) is 14.4. The van der Waals surface area contributed by atoms with Crippen LogP contribution >= 0.6 is 0 Å². The van der Waals surface area contributed by atoms with E-state index in [0.717, 1.165) is 34.1 Å². The van der Waals surface area contributed by atoms with Crippen LogP contribution in [0.25, 0.3) is 11.8 Å². The first-order valence-corrected chi connectivity index (χ1v) is 9.28. The maximum absolute atomic E-state index is 13.2. The number of imide groups is 2. The zero-order chi connectivity index (χ0) is 21.4. The van der Waals surface area contributed by atoms with Crippen LogP contribution in [0.1, 0.15) is 17.0 Å². The van der Waals surface area contributed by atoms with Crippen molar-refractivity contribution < 1.29 is 18.8 Å². The molecule has 0 aliphatic carbocycles. The summed E-state index contributed by atoms with van der Waals surface area (Å²) in [5.74, 6) is -2.03. The summed E-state index contributed by atoms with van der Waals surface area (Å²) in [5, 5.41) is 2.17. The number of aryl methyl sites for hydroxylation is 1. The quantitative estimate of drug-likeness (QED) is 0.533. The van der Waals surface area contributed by atoms with Crippen molar-refractivity contribution in [2.24, 2.45) is 0 Å². The van der Waals surface area contributed by atoms with Gasteiger partial charge in [-0.05, 0) is 68.0 Å². The molecule has 4 rings (SSSR count). The molecule has 4 amide bonds. The predicted octanol–water partition coefficient (Wildman–Crippen LogP) is 3.90. The molecule has 0 spiro atoms. The number of anilines is 1. The third kappa shape index (κ3) is 3.30. The predicted molar refractivity (Wildman–Crippen MR) is 111 cm³/mol. The summed E-state index contributed by atoms with van der Waals surface area (Å²) >= 11 is 0. The van der Waals surface area contributed by atoms with Crippen molar-refractivity contribution in [2.45, 2.75) is 13.8 Å². The van der Waals surface area contributed by atoms with Gasteiger partial charge in [-0.15, -0.1) is 0 Å². The van der Waals surface area contributed by atoms with Gasteiger partial charge in [0.05, 0.1) is 5.69 Å². The molecule has 0 bridgehead atoms. The summed E-state index contributed by atoms with van der Waals surface area (Å²) in [6.45, 7) is 3.82. The molecular formula is C23H18FN3O3. The third-order valence-electron chi connectivity index (χ3n) is 4.97. The van der Waals surface area contributed by atoms with Crippen molar-refractivity contribution in [3.05, 3.63) is 89.0 Å². The number of halogens is 1. The molecule has 2 heterocycles. The molecule has 1 N–H and O–H groups in total. The van der Waals surface area contributed by atoms with E-state index in [1.807, 2.05) is 54.8 Å². The highest BCUT2D eigenvalue weighted by molar-refractivity contribution is 6.39. The molecule has 1 aliphatic rings. The standard InChI is InChI=1S/C23H18FN3O3/c1-14-12-16(15(2)26(14)18-6-4-3-5-7-18)13-20-21(28)25-23(30)27(22(20)29)19-10-8-17(24)9-11-19/h3-13H,1-2H3,(H,25,28,30)/b20-13+. The van der Waals surface area contributed by atoms with Crippen molar-refractivity contribution in [2.75, 3.05) is 4.90 Å². The van der Waals surface area contributed by atoms with E-state index in [1.165, 1.54) is 18.2 Å². The minimum Gasteiger partial charge on any atom is -0.318 e. The number of urea groups is 1. The van der Waals surface area contributed by atoms with Gasteiger partial charge in [-0.2, -0.15) is 0 Å². The Labute approximate surface area is 172 Å². The van der Waals surface area contributed by atoms with Crippen LogP contribution in [0.4, 0.5) is 14.9 Å². The second-order valence-electron chi connectivity index (χ2n) is 6.93. The van der Waals surface area contributed by atoms with Gasteiger partial charge >= 0.3 is 6.03 Å². The maximum Gasteiger partial charge on any atom is 0.335 e. The minimum atomic E-state index is -0.872. The fourth-order valence-electron chi connectivity index (χ4n) is 3.55. The summed E-state index contributed by atoms with van der Waals surface area (Å²) in [5.41, 5.74) is 3.42. The number of barbiturate groups is 1. The number of nitrogens with zero attached hydrogens (tertiary/aromatic N) is 2. The van der Waals surface area contributed by atoms with Crippen LogP contribution in [0.5, 0.6) is 0 Å². The van der Waals surface area contributed by atoms with Crippen LogP contribution in [-0.2, 0) is 9.59 Å². The number of hydrogen-bond donors (Lipinski definition) is 1. The van der Waals surface area contributed by atoms with Gasteiger partial charge in [-0.3, -0.25) is 14.9 Å². The first-order valence-electron chi connectivity index (χ1n) is 9.28. The Morgan fingerprint density at radius 1 is 0.900 bits per heavy atom. The van der Waals surface area contributed by atoms with Gasteiger partial charge in [0.2, 0.25) is 0 Å². The van der Waals surface area contributed by atoms with Gasteiger partial charge in [0.25, 0.3) is 11.8 Å². The van der Waals surface area contributed by atoms with Crippen LogP contribution < -0.4 is 10.2 Å². The number of carbonyl (C=O) groups excluding carboxylic acids is 3. The van der Waals surface area contributed by atoms with Crippen LogP contribution in [0.3, 0.4) is 0 Å². The normalized spacial score (nSPS) is 15.6. The molecule has 7 heteroatoms. The van der Waals surface area contributed by atoms with E-state index in [-0.39, 0.29) is 11.3 Å². The Bertz CT molecular complexity index is 1190. The average Bonchev–Trinajstić information content (AvgIpc) is 3.00. The molecule has 0 unspecified atom stereocenters. The smallest absolute Gasteiger partial charge is 0.318 e. The molecule has 3 aromatic rings. The lowest BCUT2D eigenvalue weighted by Gasteiger charge is -2.26. The largest absolute Gasteiger partial charge is 0.335 e. The van der Waals surface area contributed by atoms with Crippen molar-refractivity contribution in [3.8, 4) is 5.69 Å². The fraction of sp³-hybridized carbons (Fsp3) is 0.0870. The van der Waals surface area contributed by atoms with Crippen LogP contribution in [0, 0.1) is 19.7 Å². The zero-order valence-electron chi connectivity index (χ0n) is 16.3. The lowest BCUT2D eigenvalue weighted by molar-refractivity contribution is -0.122. The van der Waals surface area contributed by atoms with E-state index < -0.39 is 23.7 Å². The van der Waals surface area contributed by atoms with Crippen molar-refractivity contribution in [1.29, 1.82) is 0 Å². The molecule has 30 heavy (non-hydrogen) atoms. The summed E-state index contributed by atoms with van der Waals surface area (Å²) in [7, 11) is 0. The van der Waals surface area contributed by atoms with Gasteiger partial charge < -0.3 is 4.57 Å². The van der Waals surface area contributed by atoms with Gasteiger partial charge in [0, 0.05) is 17.1 Å². The highest BCUT2D eigenvalue weighted by atomic mass is 19.1. The second-order valence-corrected chi connectivity index (χ2v) is 6.93. The first kappa shape index (κ1) is 19.3. The Balaban J connectivity index is 1.76. The minimum absolute atomic E-state index is 0.173. The molecule has 2 aromatic carbocycles. The number of para-hydroxylation sites is 1. The molecular weight excluding hydrogens is 385 g/mol. The highest BCUT2D eigenvalue weighted by Gasteiger charge is 2.37. The van der Waals surface area contributed by atoms with E-state index in [0.29, 0.717) is 5.56 Å². The summed E-state index contributed by atoms with van der Waals surface area (Å²) in [6.07, 6.45) is 1.47. The van der Waals surface area contributed by atoms with Gasteiger partial charge in [0.15, 0.2) is 0 Å². The van der Waals surface area contributed by atoms with Crippen molar-refractivity contribution in [3.63, 3.8) is 0 Å². The molecule has 150 valence electrons. The molecule has 1 saturated heterocycles. The van der Waals surface area contributed by atoms with E-state index in [9.17, 15) is 18.8 Å². The molecule has 1 aliphatic heterocycles. The molecule has 0 atom stereocenters. The van der Waals surface area contributed by atoms with Gasteiger partial charge in [0.1, 0.15) is 11.4 Å². The fourth-order valence-corrected chi connectivity index (χ4v) is 3.55. The van der Waals surface area contributed by atoms with Crippen LogP contribution in [0.2, 0.25) is 0 Å². The van der Waals surface area contributed by atoms with Crippen molar-refractivity contribution in [1.82, 2.24) is 9.88 Å². The molecule has 0 saturated carbocycles. The third-order valence-corrected chi connectivity index (χ3v) is 4.97. The Hall–Kier alpha value is -4.00. The number of rotatable bonds is 3. The van der Waals surface area contributed by atoms with Gasteiger partial charge in [-0.25, -0.2) is 14.1 Å². The Morgan fingerprint density at radius 3 is 2.23 bits per heavy atom. The van der Waals surface area contributed by atoms with Gasteiger partial charge in [-0.1, -0.05) is 18.2 Å². The summed E-state index contributed by atoms with van der Waals surface area (Å²) < 4.78 is 15.2. The maximum atomic E-state index is 13.2. The van der Waals surface area contributed by atoms with E-state index >= 15 is 0 Å². The van der Waals surface area contributed by atoms with E-state index in [1.54, 1.807) is 0 Å². The monoisotopic (exact) mass is 403 g/mol. The number of nitrogens with one attached hydrogen (secondary N) is 1. The topological polar surface area (TPSA) is 71.4 Å². The second kappa shape index (κ2) is 7.44. The SMILES string of the molecule is Cc1cc(/C=C2\C(=O)NC(=O)N(c3ccc(F)cc3)C2=O)c(C)n1-c1ccccc1. The Morgan fingerprint density at radius 2 is 1.57 bits per heavy atom. The zero-order valence-corrected chi connectivity index (χ0v) is 16.3. The Kier molecular flexibility index (Phi) is 4.79. The number of aromatic nitrogens is 1. The molecule has 6 nitrogen and oxygen atoms in total. The van der Waals surface area contributed by atoms with Crippen LogP contribution in [0.15, 0.2) is 66.2 Å². The molecule has 1 aromatic heterocycles. The summed E-state index contributed by atoms with van der Waals surface area (Å²) in [6, 6.07) is 15.6. The van der Waals surface area contributed by atoms with E-state index in [2.05, 4.69) is 5.32 Å². The number of carbonyl (C=O) groups is 3. The molecule has 1 fully saturated rings. The average molecular weight is 403 g/mol. The lowest BCUT2D eigenvalue weighted by Crippen LogP contribution is -2.54.